The summed E-state index contributed by atoms with van der Waals surface area (Å²) in [5.41, 5.74) is 0.151. The van der Waals surface area contributed by atoms with Crippen LogP contribution in [-0.2, 0) is 16.1 Å². The van der Waals surface area contributed by atoms with Crippen LogP contribution in [0.15, 0.2) is 42.5 Å². The standard InChI is InChI=1S/C25H33N3O4/c1-19(18-29)26-13-10-25(11-14-26)23(30)27(24(31)28(25)12-5-15-32-2)17-20-8-9-21-6-3-4-7-22(21)16-20/h3-4,6-9,16,19,29H,5,10-15,17-18H2,1-2H3/t19-/m0/s1. The number of carbonyl (C=O) groups excluding carboxylic acids is 2. The summed E-state index contributed by atoms with van der Waals surface area (Å²) in [6, 6.07) is 14.0. The fourth-order valence-electron chi connectivity index (χ4n) is 5.05. The number of aliphatic hydroxyl groups is 1. The molecule has 3 amide bonds. The van der Waals surface area contributed by atoms with Crippen LogP contribution in [0.2, 0.25) is 0 Å². The van der Waals surface area contributed by atoms with E-state index in [2.05, 4.69) is 17.0 Å². The fraction of sp³-hybridized carbons (Fsp3) is 0.520. The van der Waals surface area contributed by atoms with Gasteiger partial charge in [0.1, 0.15) is 5.54 Å². The maximum atomic E-state index is 13.7. The summed E-state index contributed by atoms with van der Waals surface area (Å²) in [4.78, 5) is 32.6. The first-order chi connectivity index (χ1) is 15.5. The number of benzene rings is 2. The van der Waals surface area contributed by atoms with Crippen LogP contribution >= 0.6 is 0 Å². The van der Waals surface area contributed by atoms with Gasteiger partial charge in [-0.3, -0.25) is 14.6 Å². The number of imide groups is 1. The average Bonchev–Trinajstić information content (AvgIpc) is 3.00. The predicted octanol–water partition coefficient (Wildman–Crippen LogP) is 2.86. The van der Waals surface area contributed by atoms with E-state index >= 15 is 0 Å². The van der Waals surface area contributed by atoms with E-state index in [0.717, 1.165) is 16.3 Å². The molecular weight excluding hydrogens is 406 g/mol. The molecule has 0 aromatic heterocycles. The van der Waals surface area contributed by atoms with Gasteiger partial charge in [-0.25, -0.2) is 4.79 Å². The molecule has 172 valence electrons. The molecule has 0 unspecified atom stereocenters. The van der Waals surface area contributed by atoms with Gasteiger partial charge in [0, 0.05) is 39.4 Å². The number of aliphatic hydroxyl groups excluding tert-OH is 1. The third-order valence-electron chi connectivity index (χ3n) is 7.02. The minimum Gasteiger partial charge on any atom is -0.395 e. The average molecular weight is 440 g/mol. The van der Waals surface area contributed by atoms with E-state index in [1.165, 1.54) is 4.90 Å². The summed E-state index contributed by atoms with van der Waals surface area (Å²) in [6.45, 7) is 4.78. The largest absolute Gasteiger partial charge is 0.395 e. The number of hydrogen-bond donors (Lipinski definition) is 1. The summed E-state index contributed by atoms with van der Waals surface area (Å²) in [6.07, 6.45) is 1.87. The van der Waals surface area contributed by atoms with Crippen molar-refractivity contribution in [3.8, 4) is 0 Å². The third kappa shape index (κ3) is 4.12. The zero-order chi connectivity index (χ0) is 22.7. The van der Waals surface area contributed by atoms with Crippen LogP contribution in [0.1, 0.15) is 31.7 Å². The van der Waals surface area contributed by atoms with E-state index in [4.69, 9.17) is 4.74 Å². The second-order valence-electron chi connectivity index (χ2n) is 8.95. The molecule has 2 aliphatic rings. The van der Waals surface area contributed by atoms with Crippen molar-refractivity contribution in [2.45, 2.75) is 44.3 Å². The smallest absolute Gasteiger partial charge is 0.327 e. The topological polar surface area (TPSA) is 73.3 Å². The molecule has 2 fully saturated rings. The monoisotopic (exact) mass is 439 g/mol. The summed E-state index contributed by atoms with van der Waals surface area (Å²) in [7, 11) is 1.65. The van der Waals surface area contributed by atoms with Gasteiger partial charge in [-0.1, -0.05) is 36.4 Å². The Labute approximate surface area is 189 Å². The van der Waals surface area contributed by atoms with Gasteiger partial charge in [-0.2, -0.15) is 0 Å². The molecule has 2 saturated heterocycles. The Hall–Kier alpha value is -2.48. The number of rotatable bonds is 8. The molecule has 0 bridgehead atoms. The third-order valence-corrected chi connectivity index (χ3v) is 7.02. The Morgan fingerprint density at radius 1 is 1.09 bits per heavy atom. The number of methoxy groups -OCH3 is 1. The molecule has 2 aromatic rings. The number of ether oxygens (including phenoxy) is 1. The van der Waals surface area contributed by atoms with E-state index in [9.17, 15) is 14.7 Å². The highest BCUT2D eigenvalue weighted by molar-refractivity contribution is 6.07. The van der Waals surface area contributed by atoms with E-state index in [1.807, 2.05) is 37.3 Å². The molecule has 0 saturated carbocycles. The molecule has 7 heteroatoms. The Balaban J connectivity index is 1.58. The van der Waals surface area contributed by atoms with Gasteiger partial charge >= 0.3 is 6.03 Å². The molecule has 1 atom stereocenters. The number of urea groups is 1. The van der Waals surface area contributed by atoms with Gasteiger partial charge in [0.15, 0.2) is 0 Å². The zero-order valence-corrected chi connectivity index (χ0v) is 19.0. The minimum absolute atomic E-state index is 0.0511. The van der Waals surface area contributed by atoms with Gasteiger partial charge in [0.2, 0.25) is 0 Å². The highest BCUT2D eigenvalue weighted by atomic mass is 16.5. The lowest BCUT2D eigenvalue weighted by Gasteiger charge is -2.43. The van der Waals surface area contributed by atoms with Crippen molar-refractivity contribution in [1.82, 2.24) is 14.7 Å². The number of hydrogen-bond acceptors (Lipinski definition) is 5. The predicted molar refractivity (Wildman–Crippen MR) is 123 cm³/mol. The normalized spacial score (nSPS) is 20.0. The molecule has 2 aliphatic heterocycles. The molecular formula is C25H33N3O4. The fourth-order valence-corrected chi connectivity index (χ4v) is 5.05. The summed E-state index contributed by atoms with van der Waals surface area (Å²) >= 11 is 0. The van der Waals surface area contributed by atoms with Crippen molar-refractivity contribution in [3.05, 3.63) is 48.0 Å². The number of carbonyl (C=O) groups is 2. The van der Waals surface area contributed by atoms with E-state index in [-0.39, 0.29) is 31.1 Å². The Morgan fingerprint density at radius 2 is 1.81 bits per heavy atom. The minimum atomic E-state index is -0.798. The van der Waals surface area contributed by atoms with Gasteiger partial charge in [0.05, 0.1) is 13.2 Å². The SMILES string of the molecule is COCCCN1C(=O)N(Cc2ccc3ccccc3c2)C(=O)C12CCN([C@@H](C)CO)CC2. The van der Waals surface area contributed by atoms with Crippen LogP contribution < -0.4 is 0 Å². The molecule has 0 radical (unpaired) electrons. The number of piperidine rings is 1. The maximum Gasteiger partial charge on any atom is 0.327 e. The summed E-state index contributed by atoms with van der Waals surface area (Å²) in [5.74, 6) is -0.0932. The lowest BCUT2D eigenvalue weighted by Crippen LogP contribution is -2.58. The second-order valence-corrected chi connectivity index (χ2v) is 8.95. The molecule has 2 aromatic carbocycles. The lowest BCUT2D eigenvalue weighted by atomic mass is 9.85. The zero-order valence-electron chi connectivity index (χ0n) is 19.0. The highest BCUT2D eigenvalue weighted by Crippen LogP contribution is 2.38. The number of nitrogens with zero attached hydrogens (tertiary/aromatic N) is 3. The van der Waals surface area contributed by atoms with E-state index < -0.39 is 5.54 Å². The van der Waals surface area contributed by atoms with Gasteiger partial charge < -0.3 is 14.7 Å². The first-order valence-corrected chi connectivity index (χ1v) is 11.5. The van der Waals surface area contributed by atoms with Crippen molar-refractivity contribution in [3.63, 3.8) is 0 Å². The number of likely N-dealkylation sites (tertiary alicyclic amines) is 1. The van der Waals surface area contributed by atoms with Gasteiger partial charge in [-0.15, -0.1) is 0 Å². The summed E-state index contributed by atoms with van der Waals surface area (Å²) in [5, 5.41) is 11.8. The lowest BCUT2D eigenvalue weighted by molar-refractivity contribution is -0.136. The van der Waals surface area contributed by atoms with Crippen molar-refractivity contribution in [2.24, 2.45) is 0 Å². The van der Waals surface area contributed by atoms with Crippen LogP contribution in [0.25, 0.3) is 10.8 Å². The quantitative estimate of drug-likeness (QED) is 0.506. The maximum absolute atomic E-state index is 13.7. The van der Waals surface area contributed by atoms with Crippen molar-refractivity contribution >= 4 is 22.7 Å². The van der Waals surface area contributed by atoms with Crippen LogP contribution in [0.4, 0.5) is 4.79 Å². The molecule has 32 heavy (non-hydrogen) atoms. The Bertz CT molecular complexity index is 971. The number of fused-ring (bicyclic) bond motifs is 1. The molecule has 2 heterocycles. The van der Waals surface area contributed by atoms with Crippen LogP contribution in [-0.4, -0.2) is 83.3 Å². The second kappa shape index (κ2) is 9.57. The van der Waals surface area contributed by atoms with Crippen LogP contribution in [0.5, 0.6) is 0 Å². The number of amides is 3. The first-order valence-electron chi connectivity index (χ1n) is 11.5. The van der Waals surface area contributed by atoms with Crippen molar-refractivity contribution < 1.29 is 19.4 Å². The molecule has 4 rings (SSSR count). The van der Waals surface area contributed by atoms with E-state index in [1.54, 1.807) is 12.0 Å². The van der Waals surface area contributed by atoms with Gasteiger partial charge in [0.25, 0.3) is 5.91 Å². The highest BCUT2D eigenvalue weighted by Gasteiger charge is 2.57. The van der Waals surface area contributed by atoms with Crippen molar-refractivity contribution in [1.29, 1.82) is 0 Å². The van der Waals surface area contributed by atoms with Crippen LogP contribution in [0.3, 0.4) is 0 Å². The summed E-state index contributed by atoms with van der Waals surface area (Å²) < 4.78 is 5.19. The molecule has 1 N–H and O–H groups in total. The first kappa shape index (κ1) is 22.7. The Kier molecular flexibility index (Phi) is 6.79. The van der Waals surface area contributed by atoms with E-state index in [0.29, 0.717) is 45.5 Å². The molecule has 0 aliphatic carbocycles. The van der Waals surface area contributed by atoms with Crippen LogP contribution in [0, 0.1) is 0 Å². The Morgan fingerprint density at radius 3 is 2.50 bits per heavy atom. The molecule has 7 nitrogen and oxygen atoms in total. The van der Waals surface area contributed by atoms with Crippen molar-refractivity contribution in [2.75, 3.05) is 40.0 Å². The van der Waals surface area contributed by atoms with Gasteiger partial charge in [-0.05, 0) is 48.6 Å². The molecule has 1 spiro atoms.